The van der Waals surface area contributed by atoms with Crippen molar-refractivity contribution in [2.75, 3.05) is 10.6 Å². The summed E-state index contributed by atoms with van der Waals surface area (Å²) in [5, 5.41) is 6.39. The Morgan fingerprint density at radius 3 is 2.60 bits per heavy atom. The molecule has 25 heavy (non-hydrogen) atoms. The van der Waals surface area contributed by atoms with Crippen LogP contribution < -0.4 is 10.6 Å². The highest BCUT2D eigenvalue weighted by Crippen LogP contribution is 2.22. The lowest BCUT2D eigenvalue weighted by atomic mass is 10.2. The van der Waals surface area contributed by atoms with Crippen molar-refractivity contribution in [1.29, 1.82) is 0 Å². The molecule has 0 aliphatic heterocycles. The van der Waals surface area contributed by atoms with Crippen molar-refractivity contribution in [2.24, 2.45) is 0 Å². The molecule has 2 aromatic carbocycles. The monoisotopic (exact) mass is 397 g/mol. The molecule has 0 aliphatic rings. The minimum Gasteiger partial charge on any atom is -0.326 e. The Balaban J connectivity index is 1.65. The molecule has 1 aromatic heterocycles. The molecular weight excluding hydrogens is 382 g/mol. The quantitative estimate of drug-likeness (QED) is 0.645. The average Bonchev–Trinajstić information content (AvgIpc) is 2.58. The molecule has 3 rings (SSSR count). The van der Waals surface area contributed by atoms with Crippen molar-refractivity contribution in [2.45, 2.75) is 13.3 Å². The summed E-state index contributed by atoms with van der Waals surface area (Å²) in [7, 11) is 0. The topological polar surface area (TPSA) is 71.1 Å². The molecule has 5 nitrogen and oxygen atoms in total. The zero-order valence-corrected chi connectivity index (χ0v) is 15.1. The second kappa shape index (κ2) is 7.44. The van der Waals surface area contributed by atoms with Gasteiger partial charge in [0.05, 0.1) is 11.2 Å². The lowest BCUT2D eigenvalue weighted by Gasteiger charge is -2.09. The maximum atomic E-state index is 12.2. The fraction of sp³-hybridized carbons (Fsp3) is 0.105. The molecule has 0 saturated carbocycles. The van der Waals surface area contributed by atoms with E-state index in [1.807, 2.05) is 37.3 Å². The standard InChI is InChI=1S/C19H16BrN3O2/c1-12-7-8-14(10-15(12)20)22-17(24)11-18(25)23-16-6-2-4-13-5-3-9-21-19(13)16/h2-10H,11H2,1H3,(H,22,24)(H,23,25). The minimum absolute atomic E-state index is 0.269. The lowest BCUT2D eigenvalue weighted by molar-refractivity contribution is -0.123. The number of pyridine rings is 1. The number of carbonyl (C=O) groups is 2. The number of aryl methyl sites for hydroxylation is 1. The molecule has 6 heteroatoms. The van der Waals surface area contributed by atoms with Gasteiger partial charge in [-0.1, -0.05) is 40.2 Å². The average molecular weight is 398 g/mol. The molecule has 126 valence electrons. The Hall–Kier alpha value is -2.73. The van der Waals surface area contributed by atoms with Crippen molar-refractivity contribution < 1.29 is 9.59 Å². The zero-order chi connectivity index (χ0) is 17.8. The van der Waals surface area contributed by atoms with Crippen LogP contribution in [0, 0.1) is 6.92 Å². The molecule has 0 radical (unpaired) electrons. The Morgan fingerprint density at radius 1 is 1.04 bits per heavy atom. The van der Waals surface area contributed by atoms with Crippen molar-refractivity contribution in [3.05, 3.63) is 64.8 Å². The fourth-order valence-electron chi connectivity index (χ4n) is 2.42. The van der Waals surface area contributed by atoms with Gasteiger partial charge in [0.25, 0.3) is 0 Å². The predicted octanol–water partition coefficient (Wildman–Crippen LogP) is 4.27. The third kappa shape index (κ3) is 4.22. The second-order valence-corrected chi connectivity index (χ2v) is 6.47. The van der Waals surface area contributed by atoms with Crippen LogP contribution >= 0.6 is 15.9 Å². The van der Waals surface area contributed by atoms with Gasteiger partial charge in [0.2, 0.25) is 11.8 Å². The number of amides is 2. The van der Waals surface area contributed by atoms with Gasteiger partial charge in [-0.25, -0.2) is 0 Å². The van der Waals surface area contributed by atoms with E-state index >= 15 is 0 Å². The van der Waals surface area contributed by atoms with Crippen LogP contribution in [0.2, 0.25) is 0 Å². The molecule has 3 aromatic rings. The highest BCUT2D eigenvalue weighted by molar-refractivity contribution is 9.10. The first-order valence-electron chi connectivity index (χ1n) is 7.72. The van der Waals surface area contributed by atoms with Crippen LogP contribution in [0.4, 0.5) is 11.4 Å². The van der Waals surface area contributed by atoms with Gasteiger partial charge >= 0.3 is 0 Å². The largest absolute Gasteiger partial charge is 0.326 e. The molecule has 1 heterocycles. The highest BCUT2D eigenvalue weighted by Gasteiger charge is 2.12. The first-order chi connectivity index (χ1) is 12.0. The van der Waals surface area contributed by atoms with Crippen molar-refractivity contribution >= 4 is 50.0 Å². The zero-order valence-electron chi connectivity index (χ0n) is 13.5. The molecule has 0 bridgehead atoms. The van der Waals surface area contributed by atoms with Crippen molar-refractivity contribution in [3.8, 4) is 0 Å². The van der Waals surface area contributed by atoms with E-state index in [9.17, 15) is 9.59 Å². The number of aromatic nitrogens is 1. The van der Waals surface area contributed by atoms with Crippen LogP contribution in [0.15, 0.2) is 59.2 Å². The number of benzene rings is 2. The summed E-state index contributed by atoms with van der Waals surface area (Å²) in [6.45, 7) is 1.96. The lowest BCUT2D eigenvalue weighted by Crippen LogP contribution is -2.21. The summed E-state index contributed by atoms with van der Waals surface area (Å²) >= 11 is 3.42. The number of nitrogens with one attached hydrogen (secondary N) is 2. The summed E-state index contributed by atoms with van der Waals surface area (Å²) in [5.74, 6) is -0.761. The molecule has 2 amide bonds. The number of nitrogens with zero attached hydrogens (tertiary/aromatic N) is 1. The van der Waals surface area contributed by atoms with E-state index in [2.05, 4.69) is 31.5 Å². The summed E-state index contributed by atoms with van der Waals surface area (Å²) in [5.41, 5.74) is 3.00. The Morgan fingerprint density at radius 2 is 1.80 bits per heavy atom. The first kappa shape index (κ1) is 17.1. The molecule has 0 atom stereocenters. The Labute approximate surface area is 153 Å². The Bertz CT molecular complexity index is 951. The molecule has 0 saturated heterocycles. The molecule has 0 unspecified atom stereocenters. The Kier molecular flexibility index (Phi) is 5.09. The van der Waals surface area contributed by atoms with Gasteiger partial charge in [0, 0.05) is 21.7 Å². The summed E-state index contributed by atoms with van der Waals surface area (Å²) in [4.78, 5) is 28.5. The first-order valence-corrected chi connectivity index (χ1v) is 8.52. The number of carbonyl (C=O) groups excluding carboxylic acids is 2. The maximum absolute atomic E-state index is 12.2. The van der Waals surface area contributed by atoms with E-state index in [-0.39, 0.29) is 18.2 Å². The van der Waals surface area contributed by atoms with Crippen LogP contribution in [0.3, 0.4) is 0 Å². The molecule has 0 aliphatic carbocycles. The number of hydrogen-bond donors (Lipinski definition) is 2. The molecule has 0 fully saturated rings. The second-order valence-electron chi connectivity index (χ2n) is 5.62. The number of anilines is 2. The van der Waals surface area contributed by atoms with E-state index in [1.165, 1.54) is 0 Å². The van der Waals surface area contributed by atoms with Gasteiger partial charge in [-0.2, -0.15) is 0 Å². The van der Waals surface area contributed by atoms with Gasteiger partial charge in [0.1, 0.15) is 6.42 Å². The minimum atomic E-state index is -0.387. The van der Waals surface area contributed by atoms with E-state index < -0.39 is 0 Å². The third-order valence-electron chi connectivity index (χ3n) is 3.68. The van der Waals surface area contributed by atoms with Crippen LogP contribution in [-0.4, -0.2) is 16.8 Å². The maximum Gasteiger partial charge on any atom is 0.233 e. The normalized spacial score (nSPS) is 10.5. The highest BCUT2D eigenvalue weighted by atomic mass is 79.9. The van der Waals surface area contributed by atoms with Crippen LogP contribution in [-0.2, 0) is 9.59 Å². The van der Waals surface area contributed by atoms with Gasteiger partial charge < -0.3 is 10.6 Å². The van der Waals surface area contributed by atoms with Gasteiger partial charge in [0.15, 0.2) is 0 Å². The smallest absolute Gasteiger partial charge is 0.233 e. The van der Waals surface area contributed by atoms with E-state index in [1.54, 1.807) is 24.4 Å². The SMILES string of the molecule is Cc1ccc(NC(=O)CC(=O)Nc2cccc3cccnc23)cc1Br. The molecule has 2 N–H and O–H groups in total. The van der Waals surface area contributed by atoms with E-state index in [0.29, 0.717) is 16.9 Å². The van der Waals surface area contributed by atoms with Crippen molar-refractivity contribution in [3.63, 3.8) is 0 Å². The number of hydrogen-bond acceptors (Lipinski definition) is 3. The van der Waals surface area contributed by atoms with Gasteiger partial charge in [-0.05, 0) is 36.8 Å². The summed E-state index contributed by atoms with van der Waals surface area (Å²) in [6.07, 6.45) is 1.40. The fourth-order valence-corrected chi connectivity index (χ4v) is 2.80. The van der Waals surface area contributed by atoms with Crippen molar-refractivity contribution in [1.82, 2.24) is 4.98 Å². The van der Waals surface area contributed by atoms with Crippen LogP contribution in [0.25, 0.3) is 10.9 Å². The number of halogens is 1. The molecule has 0 spiro atoms. The van der Waals surface area contributed by atoms with Crippen LogP contribution in [0.5, 0.6) is 0 Å². The third-order valence-corrected chi connectivity index (χ3v) is 4.54. The number of rotatable bonds is 4. The van der Waals surface area contributed by atoms with Crippen LogP contribution in [0.1, 0.15) is 12.0 Å². The van der Waals surface area contributed by atoms with Gasteiger partial charge in [-0.15, -0.1) is 0 Å². The van der Waals surface area contributed by atoms with E-state index in [0.717, 1.165) is 15.4 Å². The predicted molar refractivity (Wildman–Crippen MR) is 102 cm³/mol. The molecular formula is C19H16BrN3O2. The van der Waals surface area contributed by atoms with Gasteiger partial charge in [-0.3, -0.25) is 14.6 Å². The summed E-state index contributed by atoms with van der Waals surface area (Å²) in [6, 6.07) is 14.8. The van der Waals surface area contributed by atoms with E-state index in [4.69, 9.17) is 0 Å². The number of para-hydroxylation sites is 1. The summed E-state index contributed by atoms with van der Waals surface area (Å²) < 4.78 is 0.900. The number of fused-ring (bicyclic) bond motifs is 1.